The van der Waals surface area contributed by atoms with Crippen molar-refractivity contribution in [2.75, 3.05) is 32.4 Å². The van der Waals surface area contributed by atoms with Crippen molar-refractivity contribution in [2.45, 2.75) is 38.5 Å². The Bertz CT molecular complexity index is 1090. The van der Waals surface area contributed by atoms with Crippen LogP contribution in [0.2, 0.25) is 0 Å². The number of amides is 2. The Morgan fingerprint density at radius 1 is 1.03 bits per heavy atom. The molecule has 0 aliphatic rings. The number of carboxylic acids is 1. The number of carbonyl (C=O) groups is 3. The molecule has 8 N–H and O–H groups in total. The molecule has 36 heavy (non-hydrogen) atoms. The number of nitrogens with zero attached hydrogens (tertiary/aromatic N) is 2. The lowest BCUT2D eigenvalue weighted by Gasteiger charge is -2.22. The predicted molar refractivity (Wildman–Crippen MR) is 130 cm³/mol. The van der Waals surface area contributed by atoms with Crippen molar-refractivity contribution in [1.82, 2.24) is 20.6 Å². The summed E-state index contributed by atoms with van der Waals surface area (Å²) in [6.07, 6.45) is 0.367. The first-order chi connectivity index (χ1) is 17.0. The maximum Gasteiger partial charge on any atom is 0.325 e. The molecule has 1 heterocycles. The first-order valence-electron chi connectivity index (χ1n) is 10.8. The van der Waals surface area contributed by atoms with Crippen LogP contribution in [0.25, 0.3) is 0 Å². The molecular weight excluding hydrogens is 474 g/mol. The summed E-state index contributed by atoms with van der Waals surface area (Å²) >= 11 is 0. The van der Waals surface area contributed by atoms with Gasteiger partial charge in [0.15, 0.2) is 17.7 Å². The van der Waals surface area contributed by atoms with E-state index in [4.69, 9.17) is 30.8 Å². The third kappa shape index (κ3) is 7.09. The first kappa shape index (κ1) is 27.9. The number of carboxylic acid groups (broad SMARTS) is 1. The lowest BCUT2D eigenvalue weighted by molar-refractivity contribution is -0.141. The monoisotopic (exact) mass is 505 g/mol. The van der Waals surface area contributed by atoms with E-state index in [0.29, 0.717) is 29.2 Å². The number of methoxy groups -OCH3 is 3. The van der Waals surface area contributed by atoms with Gasteiger partial charge in [-0.25, -0.2) is 4.98 Å². The number of nitrogens with one attached hydrogen (secondary N) is 3. The van der Waals surface area contributed by atoms with Crippen LogP contribution in [0, 0.1) is 0 Å². The lowest BCUT2D eigenvalue weighted by atomic mass is 10.1. The van der Waals surface area contributed by atoms with Crippen molar-refractivity contribution in [3.63, 3.8) is 0 Å². The van der Waals surface area contributed by atoms with E-state index in [2.05, 4.69) is 25.9 Å². The number of anilines is 2. The molecule has 0 spiro atoms. The number of nitrogens with two attached hydrogens (primary N) is 2. The molecule has 0 saturated heterocycles. The number of ether oxygens (including phenoxy) is 3. The molecule has 2 amide bonds. The van der Waals surface area contributed by atoms with Crippen molar-refractivity contribution < 1.29 is 33.7 Å². The van der Waals surface area contributed by atoms with Crippen LogP contribution in [0.1, 0.15) is 25.0 Å². The molecule has 196 valence electrons. The van der Waals surface area contributed by atoms with Gasteiger partial charge in [-0.2, -0.15) is 4.98 Å². The normalized spacial score (nSPS) is 13.1. The van der Waals surface area contributed by atoms with E-state index >= 15 is 0 Å². The van der Waals surface area contributed by atoms with Gasteiger partial charge >= 0.3 is 5.97 Å². The van der Waals surface area contributed by atoms with Crippen LogP contribution in [0.15, 0.2) is 18.3 Å². The van der Waals surface area contributed by atoms with Crippen LogP contribution in [0.4, 0.5) is 11.8 Å². The quantitative estimate of drug-likeness (QED) is 0.201. The van der Waals surface area contributed by atoms with Crippen LogP contribution in [-0.2, 0) is 20.8 Å². The second-order valence-corrected chi connectivity index (χ2v) is 7.76. The predicted octanol–water partition coefficient (Wildman–Crippen LogP) is -0.534. The minimum Gasteiger partial charge on any atom is -0.493 e. The average molecular weight is 506 g/mol. The van der Waals surface area contributed by atoms with Crippen molar-refractivity contribution in [2.24, 2.45) is 5.73 Å². The van der Waals surface area contributed by atoms with Gasteiger partial charge in [-0.15, -0.1) is 0 Å². The fourth-order valence-electron chi connectivity index (χ4n) is 3.01. The number of benzene rings is 1. The zero-order chi connectivity index (χ0) is 27.0. The number of rotatable bonds is 12. The summed E-state index contributed by atoms with van der Waals surface area (Å²) in [6, 6.07) is 1.40. The second-order valence-electron chi connectivity index (χ2n) is 7.76. The summed E-state index contributed by atoms with van der Waals surface area (Å²) in [4.78, 5) is 44.1. The fraction of sp³-hybridized carbons (Fsp3) is 0.409. The molecule has 1 aromatic carbocycles. The molecular formula is C22H31N7O7. The summed E-state index contributed by atoms with van der Waals surface area (Å²) in [5.41, 5.74) is 13.0. The molecule has 0 saturated carbocycles. The highest BCUT2D eigenvalue weighted by Crippen LogP contribution is 2.38. The van der Waals surface area contributed by atoms with Crippen molar-refractivity contribution in [3.05, 3.63) is 29.5 Å². The van der Waals surface area contributed by atoms with Crippen LogP contribution in [0.3, 0.4) is 0 Å². The van der Waals surface area contributed by atoms with Crippen molar-refractivity contribution >= 4 is 29.5 Å². The molecule has 0 bridgehead atoms. The Hall–Kier alpha value is -4.33. The van der Waals surface area contributed by atoms with Gasteiger partial charge in [0.05, 0.1) is 27.4 Å². The minimum absolute atomic E-state index is 0.0748. The summed E-state index contributed by atoms with van der Waals surface area (Å²) in [7, 11) is 4.52. The maximum atomic E-state index is 12.6. The molecule has 14 nitrogen and oxygen atoms in total. The number of aromatic nitrogens is 2. The molecule has 0 fully saturated rings. The highest BCUT2D eigenvalue weighted by Gasteiger charge is 2.26. The van der Waals surface area contributed by atoms with Crippen molar-refractivity contribution in [3.8, 4) is 17.2 Å². The van der Waals surface area contributed by atoms with E-state index < -0.39 is 36.0 Å². The minimum atomic E-state index is -1.41. The second kappa shape index (κ2) is 12.4. The van der Waals surface area contributed by atoms with Gasteiger partial charge in [-0.1, -0.05) is 0 Å². The van der Waals surface area contributed by atoms with Gasteiger partial charge < -0.3 is 46.7 Å². The fourth-order valence-corrected chi connectivity index (χ4v) is 3.01. The SMILES string of the molecule is COc1cc(Cc2cnc(NC(NC(=O)[C@H](C)N)C(=O)N[C@@H](C)C(=O)O)nc2N)cc(OC)c1OC. The number of aliphatic carboxylic acids is 1. The van der Waals surface area contributed by atoms with E-state index in [-0.39, 0.29) is 11.8 Å². The number of hydrogen-bond acceptors (Lipinski definition) is 11. The Kier molecular flexibility index (Phi) is 9.61. The average Bonchev–Trinajstić information content (AvgIpc) is 2.84. The van der Waals surface area contributed by atoms with Gasteiger partial charge in [0.2, 0.25) is 17.6 Å². The zero-order valence-corrected chi connectivity index (χ0v) is 20.6. The highest BCUT2D eigenvalue weighted by atomic mass is 16.5. The third-order valence-electron chi connectivity index (χ3n) is 4.98. The van der Waals surface area contributed by atoms with Crippen LogP contribution < -0.4 is 41.6 Å². The van der Waals surface area contributed by atoms with E-state index in [1.807, 2.05) is 0 Å². The summed E-state index contributed by atoms with van der Waals surface area (Å²) < 4.78 is 16.1. The van der Waals surface area contributed by atoms with Gasteiger partial charge in [0.1, 0.15) is 11.9 Å². The molecule has 0 radical (unpaired) electrons. The zero-order valence-electron chi connectivity index (χ0n) is 20.6. The maximum absolute atomic E-state index is 12.6. The van der Waals surface area contributed by atoms with E-state index in [1.165, 1.54) is 41.4 Å². The molecule has 14 heteroatoms. The Morgan fingerprint density at radius 3 is 2.11 bits per heavy atom. The third-order valence-corrected chi connectivity index (χ3v) is 4.98. The number of nitrogen functional groups attached to an aromatic ring is 1. The molecule has 2 aromatic rings. The molecule has 1 aromatic heterocycles. The smallest absolute Gasteiger partial charge is 0.325 e. The summed E-state index contributed by atoms with van der Waals surface area (Å²) in [5.74, 6) is -1.31. The summed E-state index contributed by atoms with van der Waals surface area (Å²) in [6.45, 7) is 2.70. The van der Waals surface area contributed by atoms with Crippen LogP contribution >= 0.6 is 0 Å². The molecule has 0 aliphatic carbocycles. The largest absolute Gasteiger partial charge is 0.493 e. The van der Waals surface area contributed by atoms with Crippen molar-refractivity contribution in [1.29, 1.82) is 0 Å². The topological polar surface area (TPSA) is 213 Å². The molecule has 2 rings (SSSR count). The molecule has 0 aliphatic heterocycles. The van der Waals surface area contributed by atoms with Gasteiger partial charge in [-0.3, -0.25) is 14.4 Å². The number of carbonyl (C=O) groups excluding carboxylic acids is 2. The highest BCUT2D eigenvalue weighted by molar-refractivity contribution is 5.92. The van der Waals surface area contributed by atoms with Crippen LogP contribution in [0.5, 0.6) is 17.2 Å². The Balaban J connectivity index is 2.27. The number of hydrogen-bond donors (Lipinski definition) is 6. The van der Waals surface area contributed by atoms with Gasteiger partial charge in [-0.05, 0) is 31.5 Å². The van der Waals surface area contributed by atoms with E-state index in [9.17, 15) is 14.4 Å². The summed E-state index contributed by atoms with van der Waals surface area (Å²) in [5, 5.41) is 16.3. The standard InChI is InChI=1S/C22H31N7O7/c1-10(23)19(30)28-18(20(31)26-11(2)21(32)33)29-22-25-9-13(17(24)27-22)6-12-7-14(34-3)16(36-5)15(8-12)35-4/h7-11,18H,6,23H2,1-5H3,(H,26,31)(H,28,30)(H,32,33)(H3,24,25,27,29)/t10-,11-,18?/m0/s1. The Morgan fingerprint density at radius 2 is 1.64 bits per heavy atom. The van der Waals surface area contributed by atoms with Gasteiger partial charge in [0.25, 0.3) is 5.91 Å². The van der Waals surface area contributed by atoms with E-state index in [0.717, 1.165) is 5.56 Å². The Labute approximate surface area is 207 Å². The first-order valence-corrected chi connectivity index (χ1v) is 10.8. The van der Waals surface area contributed by atoms with Gasteiger partial charge in [0, 0.05) is 18.2 Å². The molecule has 3 atom stereocenters. The lowest BCUT2D eigenvalue weighted by Crippen LogP contribution is -2.56. The van der Waals surface area contributed by atoms with Crippen LogP contribution in [-0.4, -0.2) is 72.4 Å². The van der Waals surface area contributed by atoms with E-state index in [1.54, 1.807) is 12.1 Å². The molecule has 1 unspecified atom stereocenters.